The van der Waals surface area contributed by atoms with Gasteiger partial charge in [-0.15, -0.1) is 0 Å². The Balaban J connectivity index is 0.000000333. The summed E-state index contributed by atoms with van der Waals surface area (Å²) >= 11 is 3.29. The molecule has 0 atom stereocenters. The van der Waals surface area contributed by atoms with Crippen molar-refractivity contribution >= 4 is 54.9 Å². The molecule has 0 amide bonds. The molecule has 2 nitrogen and oxygen atoms in total. The molecular formula is C36H35BF4FeO2P2. The van der Waals surface area contributed by atoms with Gasteiger partial charge in [-0.25, -0.2) is 0 Å². The molecule has 1 aliphatic carbocycles. The molecular weight excluding hydrogens is 669 g/mol. The van der Waals surface area contributed by atoms with Gasteiger partial charge in [-0.1, -0.05) is 121 Å². The number of hydrogen-bond donors (Lipinski definition) is 0. The van der Waals surface area contributed by atoms with Crippen LogP contribution in [0.4, 0.5) is 17.3 Å². The Kier molecular flexibility index (Phi) is 20.1. The topological polar surface area (TPSA) is 26.3 Å². The number of ether oxygens (including phenoxy) is 1. The molecule has 1 saturated carbocycles. The molecule has 1 aliphatic rings. The Bertz CT molecular complexity index is 1230. The third kappa shape index (κ3) is 18.3. The van der Waals surface area contributed by atoms with E-state index in [1.807, 2.05) is 32.1 Å². The summed E-state index contributed by atoms with van der Waals surface area (Å²) in [6.07, 6.45) is 14.0. The summed E-state index contributed by atoms with van der Waals surface area (Å²) in [6.45, 7) is 1.63. The zero-order chi connectivity index (χ0) is 33.5. The third-order valence-corrected chi connectivity index (χ3v) is 11.4. The SMILES string of the molecule is CC(=O)OCC=[C]=[Fe+].F[B-](F)(F)F.[CH]1[CH][CH][CH][CH]1.c1ccc(P(CCP(c2ccccc2)c2ccccc2)c2ccccc2)cc1. The van der Waals surface area contributed by atoms with E-state index in [0.717, 1.165) is 0 Å². The Morgan fingerprint density at radius 1 is 0.630 bits per heavy atom. The van der Waals surface area contributed by atoms with Crippen LogP contribution in [0.15, 0.2) is 127 Å². The van der Waals surface area contributed by atoms with Crippen LogP contribution in [0.2, 0.25) is 0 Å². The minimum absolute atomic E-state index is 0.277. The second-order valence-corrected chi connectivity index (χ2v) is 14.2. The first-order valence-electron chi connectivity index (χ1n) is 14.3. The van der Waals surface area contributed by atoms with E-state index in [1.54, 1.807) is 6.08 Å². The van der Waals surface area contributed by atoms with Crippen LogP contribution in [-0.2, 0) is 25.1 Å². The maximum atomic E-state index is 10.0. The van der Waals surface area contributed by atoms with Gasteiger partial charge in [0.1, 0.15) is 0 Å². The van der Waals surface area contributed by atoms with E-state index in [0.29, 0.717) is 0 Å². The fourth-order valence-corrected chi connectivity index (χ4v) is 9.40. The van der Waals surface area contributed by atoms with Crippen LogP contribution in [0.3, 0.4) is 0 Å². The van der Waals surface area contributed by atoms with E-state index < -0.39 is 7.25 Å². The molecule has 4 aromatic rings. The summed E-state index contributed by atoms with van der Waals surface area (Å²) in [5.74, 6) is -0.281. The van der Waals surface area contributed by atoms with Gasteiger partial charge in [0.25, 0.3) is 0 Å². The average Bonchev–Trinajstić information content (AvgIpc) is 3.65. The van der Waals surface area contributed by atoms with E-state index in [-0.39, 0.29) is 28.4 Å². The van der Waals surface area contributed by atoms with Crippen LogP contribution < -0.4 is 21.2 Å². The van der Waals surface area contributed by atoms with Gasteiger partial charge in [-0.2, -0.15) is 0 Å². The Hall–Kier alpha value is -2.84. The first-order chi connectivity index (χ1) is 22.2. The maximum Gasteiger partial charge on any atom is 0.673 e. The number of hydrogen-bond acceptors (Lipinski definition) is 2. The molecule has 0 bridgehead atoms. The number of halogens is 4. The quantitative estimate of drug-likeness (QED) is 0.0776. The number of carbonyl (C=O) groups is 1. The normalized spacial score (nSPS) is 11.9. The molecule has 10 heteroatoms. The van der Waals surface area contributed by atoms with E-state index in [2.05, 4.69) is 146 Å². The van der Waals surface area contributed by atoms with E-state index in [1.165, 1.54) is 40.5 Å². The van der Waals surface area contributed by atoms with Crippen molar-refractivity contribution in [3.63, 3.8) is 0 Å². The maximum absolute atomic E-state index is 10.0. The van der Waals surface area contributed by atoms with Crippen LogP contribution >= 0.6 is 15.8 Å². The molecule has 5 rings (SSSR count). The molecule has 46 heavy (non-hydrogen) atoms. The molecule has 0 saturated heterocycles. The summed E-state index contributed by atoms with van der Waals surface area (Å²) in [7, 11) is -6.70. The Labute approximate surface area is 281 Å². The molecule has 0 N–H and O–H groups in total. The van der Waals surface area contributed by atoms with Gasteiger partial charge in [0, 0.05) is 0 Å². The van der Waals surface area contributed by atoms with Crippen LogP contribution in [0.5, 0.6) is 0 Å². The summed E-state index contributed by atoms with van der Waals surface area (Å²) in [6, 6.07) is 44.2. The van der Waals surface area contributed by atoms with Crippen molar-refractivity contribution in [1.29, 1.82) is 0 Å². The van der Waals surface area contributed by atoms with Crippen molar-refractivity contribution in [2.24, 2.45) is 0 Å². The number of esters is 1. The molecule has 0 aliphatic heterocycles. The molecule has 5 radical (unpaired) electrons. The molecule has 0 spiro atoms. The van der Waals surface area contributed by atoms with Crippen molar-refractivity contribution < 1.29 is 42.4 Å². The summed E-state index contributed by atoms with van der Waals surface area (Å²) in [5.41, 5.74) is 0. The Morgan fingerprint density at radius 2 is 0.891 bits per heavy atom. The largest absolute Gasteiger partial charge is 0.673 e. The van der Waals surface area contributed by atoms with Gasteiger partial charge < -0.3 is 17.3 Å². The van der Waals surface area contributed by atoms with Gasteiger partial charge >= 0.3 is 62.5 Å². The standard InChI is InChI=1S/C26H24P2.C5H6O2.C5H5.BF4.Fe/c1-5-13-23(14-6-1)27(24-15-7-2-8-16-24)21-22-28(25-17-9-3-10-18-25)26-19-11-4-12-20-26;1-3-4-7-5(2)6;1-2-4-5-3-1;2-1(3,4)5;/h1-20H,21-22H2;3H,4H2,2H3;1-5H;;/q;;;-1;+1. The minimum atomic E-state index is -6.00. The second kappa shape index (κ2) is 23.5. The van der Waals surface area contributed by atoms with Crippen LogP contribution in [0.1, 0.15) is 6.92 Å². The third-order valence-electron chi connectivity index (χ3n) is 5.82. The van der Waals surface area contributed by atoms with E-state index in [4.69, 9.17) is 0 Å². The van der Waals surface area contributed by atoms with E-state index >= 15 is 0 Å². The molecule has 0 aromatic heterocycles. The van der Waals surface area contributed by atoms with Crippen LogP contribution in [0, 0.1) is 32.1 Å². The summed E-state index contributed by atoms with van der Waals surface area (Å²) < 4.78 is 46.0. The minimum Gasteiger partial charge on any atom is -0.418 e. The van der Waals surface area contributed by atoms with Gasteiger partial charge in [0.2, 0.25) is 0 Å². The zero-order valence-electron chi connectivity index (χ0n) is 25.3. The van der Waals surface area contributed by atoms with Crippen LogP contribution in [-0.4, -0.2) is 36.7 Å². The van der Waals surface area contributed by atoms with Gasteiger partial charge in [-0.05, 0) is 81.5 Å². The fraction of sp³-hybridized carbons (Fsp3) is 0.111. The number of benzene rings is 4. The monoisotopic (exact) mass is 704 g/mol. The van der Waals surface area contributed by atoms with Gasteiger partial charge in [0.05, 0.1) is 0 Å². The average molecular weight is 704 g/mol. The zero-order valence-corrected chi connectivity index (χ0v) is 28.2. The molecule has 4 aromatic carbocycles. The van der Waals surface area contributed by atoms with Gasteiger partial charge in [0.15, 0.2) is 0 Å². The molecule has 0 unspecified atom stereocenters. The molecule has 0 heterocycles. The van der Waals surface area contributed by atoms with E-state index in [9.17, 15) is 22.1 Å². The molecule has 240 valence electrons. The van der Waals surface area contributed by atoms with Gasteiger partial charge in [-0.3, -0.25) is 0 Å². The summed E-state index contributed by atoms with van der Waals surface area (Å²) in [4.78, 5) is 10.0. The number of rotatable bonds is 9. The smallest absolute Gasteiger partial charge is 0.418 e. The number of carbonyl (C=O) groups excluding carboxylic acids is 1. The van der Waals surface area contributed by atoms with Crippen molar-refractivity contribution in [3.05, 3.63) is 160 Å². The first-order valence-corrected chi connectivity index (χ1v) is 17.9. The predicted molar refractivity (Wildman–Crippen MR) is 186 cm³/mol. The second-order valence-electron chi connectivity index (χ2n) is 9.21. The summed E-state index contributed by atoms with van der Waals surface area (Å²) in [5, 5.41) is 5.89. The van der Waals surface area contributed by atoms with Crippen molar-refractivity contribution in [1.82, 2.24) is 0 Å². The van der Waals surface area contributed by atoms with Crippen LogP contribution in [0.25, 0.3) is 0 Å². The van der Waals surface area contributed by atoms with Crippen molar-refractivity contribution in [3.8, 4) is 0 Å². The Morgan fingerprint density at radius 3 is 1.11 bits per heavy atom. The fourth-order valence-electron chi connectivity index (χ4n) is 3.96. The first kappa shape index (κ1) is 39.3. The predicted octanol–water partition coefficient (Wildman–Crippen LogP) is 7.63. The molecule has 1 fully saturated rings. The van der Waals surface area contributed by atoms with Crippen molar-refractivity contribution in [2.45, 2.75) is 6.92 Å². The van der Waals surface area contributed by atoms with Crippen molar-refractivity contribution in [2.75, 3.05) is 18.9 Å².